The average Bonchev–Trinajstić information content (AvgIpc) is 2.78. The van der Waals surface area contributed by atoms with Crippen LogP contribution in [0.15, 0.2) is 63.2 Å². The fraction of sp³-hybridized carbons (Fsp3) is 0.409. The number of sulfone groups is 1. The zero-order valence-electron chi connectivity index (χ0n) is 19.5. The number of nitrogens with zero attached hydrogens (tertiary/aromatic N) is 2. The van der Waals surface area contributed by atoms with Crippen LogP contribution in [0.1, 0.15) is 18.4 Å². The molecule has 1 aliphatic rings. The van der Waals surface area contributed by atoms with Crippen LogP contribution in [0, 0.1) is 0 Å². The first-order valence-corrected chi connectivity index (χ1v) is 13.6. The van der Waals surface area contributed by atoms with Crippen molar-refractivity contribution in [3.8, 4) is 0 Å². The van der Waals surface area contributed by atoms with E-state index in [4.69, 9.17) is 0 Å². The van der Waals surface area contributed by atoms with Crippen molar-refractivity contribution in [3.63, 3.8) is 0 Å². The minimum atomic E-state index is -5.03. The highest BCUT2D eigenvalue weighted by molar-refractivity contribution is 7.91. The number of likely N-dealkylation sites (N-methyl/N-ethyl adjacent to an activating group) is 1. The normalized spacial score (nSPS) is 15.6. The third kappa shape index (κ3) is 6.97. The predicted octanol–water partition coefficient (Wildman–Crippen LogP) is 2.79. The van der Waals surface area contributed by atoms with Crippen molar-refractivity contribution in [2.24, 2.45) is 0 Å². The first kappa shape index (κ1) is 30.0. The highest BCUT2D eigenvalue weighted by Crippen LogP contribution is 2.36. The second-order valence-electron chi connectivity index (χ2n) is 8.49. The Morgan fingerprint density at radius 2 is 1.58 bits per heavy atom. The predicted molar refractivity (Wildman–Crippen MR) is 129 cm³/mol. The molecule has 1 amide bonds. The number of likely N-dealkylation sites (tertiary alicyclic amines) is 1. The van der Waals surface area contributed by atoms with E-state index in [0.29, 0.717) is 12.1 Å². The number of amides is 1. The molecule has 1 N–H and O–H groups in total. The zero-order valence-corrected chi connectivity index (χ0v) is 22.0. The summed E-state index contributed by atoms with van der Waals surface area (Å²) in [4.78, 5) is 13.6. The van der Waals surface area contributed by atoms with Gasteiger partial charge in [-0.2, -0.15) is 13.2 Å². The molecule has 8 nitrogen and oxygen atoms in total. The Labute approximate surface area is 214 Å². The number of carbonyl (C=O) groups excluding carboxylic acids is 1. The lowest BCUT2D eigenvalue weighted by Crippen LogP contribution is -2.48. The van der Waals surface area contributed by atoms with Gasteiger partial charge >= 0.3 is 6.18 Å². The van der Waals surface area contributed by atoms with E-state index < -0.39 is 47.4 Å². The summed E-state index contributed by atoms with van der Waals surface area (Å²) in [5.41, 5.74) is -1.46. The van der Waals surface area contributed by atoms with Gasteiger partial charge in [0.1, 0.15) is 0 Å². The van der Waals surface area contributed by atoms with Crippen molar-refractivity contribution < 1.29 is 34.8 Å². The summed E-state index contributed by atoms with van der Waals surface area (Å²) in [5, 5.41) is 0. The van der Waals surface area contributed by atoms with Gasteiger partial charge in [-0.1, -0.05) is 18.2 Å². The number of sulfonamides is 1. The molecule has 1 fully saturated rings. The van der Waals surface area contributed by atoms with E-state index in [2.05, 4.69) is 4.72 Å². The zero-order chi connectivity index (χ0) is 26.0. The molecule has 0 aromatic heterocycles. The number of carbonyl (C=O) groups is 1. The molecule has 0 unspecified atom stereocenters. The van der Waals surface area contributed by atoms with Gasteiger partial charge in [0.2, 0.25) is 25.8 Å². The van der Waals surface area contributed by atoms with Crippen molar-refractivity contribution in [1.29, 1.82) is 0 Å². The van der Waals surface area contributed by atoms with Crippen molar-refractivity contribution in [2.45, 2.75) is 39.7 Å². The van der Waals surface area contributed by atoms with Crippen LogP contribution in [0.4, 0.5) is 13.2 Å². The number of hydrogen-bond donors (Lipinski definition) is 1. The van der Waals surface area contributed by atoms with Gasteiger partial charge in [-0.3, -0.25) is 4.79 Å². The van der Waals surface area contributed by atoms with E-state index >= 15 is 0 Å². The topological polar surface area (TPSA) is 104 Å². The summed E-state index contributed by atoms with van der Waals surface area (Å²) in [7, 11) is -5.51. The number of alkyl halides is 3. The molecular weight excluding hydrogens is 543 g/mol. The summed E-state index contributed by atoms with van der Waals surface area (Å²) >= 11 is 0. The standard InChI is InChI=1S/C22H26F3N3O5S2.ClH/c1-27(2)15-21(29)28-12-10-16(11-13-28)26-35(32,33)20-14-18(8-9-19(20)22(23,24)25)34(30,31)17-6-4-3-5-7-17;/h3-9,14,16,26H,10-13,15H2,1-2H3;1H. The molecule has 14 heteroatoms. The third-order valence-electron chi connectivity index (χ3n) is 5.53. The number of benzene rings is 2. The van der Waals surface area contributed by atoms with Gasteiger partial charge in [0.05, 0.1) is 26.8 Å². The van der Waals surface area contributed by atoms with Crippen molar-refractivity contribution in [1.82, 2.24) is 14.5 Å². The second kappa shape index (κ2) is 11.5. The van der Waals surface area contributed by atoms with Crippen LogP contribution in [-0.4, -0.2) is 72.3 Å². The van der Waals surface area contributed by atoms with E-state index in [1.54, 1.807) is 30.0 Å². The Hall–Kier alpha value is -2.19. The Bertz CT molecular complexity index is 1280. The number of rotatable bonds is 7. The summed E-state index contributed by atoms with van der Waals surface area (Å²) in [5.74, 6) is -0.130. The lowest BCUT2D eigenvalue weighted by Gasteiger charge is -2.33. The van der Waals surface area contributed by atoms with Crippen LogP contribution in [-0.2, 0) is 30.8 Å². The maximum absolute atomic E-state index is 13.7. The third-order valence-corrected chi connectivity index (χ3v) is 8.86. The maximum Gasteiger partial charge on any atom is 0.417 e. The number of hydrogen-bond acceptors (Lipinski definition) is 6. The van der Waals surface area contributed by atoms with E-state index in [1.165, 1.54) is 24.3 Å². The van der Waals surface area contributed by atoms with Crippen LogP contribution in [0.5, 0.6) is 0 Å². The summed E-state index contributed by atoms with van der Waals surface area (Å²) in [6.45, 7) is 0.677. The molecule has 2 aromatic rings. The number of piperidine rings is 1. The first-order chi connectivity index (χ1) is 16.2. The van der Waals surface area contributed by atoms with E-state index in [9.17, 15) is 34.8 Å². The molecule has 1 saturated heterocycles. The lowest BCUT2D eigenvalue weighted by atomic mass is 10.1. The van der Waals surface area contributed by atoms with Gasteiger partial charge < -0.3 is 9.80 Å². The van der Waals surface area contributed by atoms with Crippen molar-refractivity contribution >= 4 is 38.2 Å². The van der Waals surface area contributed by atoms with Crippen LogP contribution >= 0.6 is 12.4 Å². The molecule has 1 aliphatic heterocycles. The molecule has 0 saturated carbocycles. The molecule has 200 valence electrons. The van der Waals surface area contributed by atoms with Gasteiger partial charge in [0.25, 0.3) is 0 Å². The average molecular weight is 570 g/mol. The summed E-state index contributed by atoms with van der Waals surface area (Å²) in [6, 6.07) is 8.06. The van der Waals surface area contributed by atoms with E-state index in [-0.39, 0.29) is 55.7 Å². The largest absolute Gasteiger partial charge is 0.417 e. The second-order valence-corrected chi connectivity index (χ2v) is 12.1. The molecule has 36 heavy (non-hydrogen) atoms. The van der Waals surface area contributed by atoms with Gasteiger partial charge in [-0.05, 0) is 57.3 Å². The number of nitrogens with one attached hydrogen (secondary N) is 1. The molecule has 0 radical (unpaired) electrons. The molecule has 0 aliphatic carbocycles. The van der Waals surface area contributed by atoms with Gasteiger partial charge in [-0.25, -0.2) is 21.6 Å². The van der Waals surface area contributed by atoms with Crippen LogP contribution in [0.25, 0.3) is 0 Å². The van der Waals surface area contributed by atoms with Crippen LogP contribution < -0.4 is 4.72 Å². The van der Waals surface area contributed by atoms with Gasteiger partial charge in [0.15, 0.2) is 0 Å². The maximum atomic E-state index is 13.7. The monoisotopic (exact) mass is 569 g/mol. The Morgan fingerprint density at radius 3 is 2.11 bits per heavy atom. The van der Waals surface area contributed by atoms with E-state index in [1.807, 2.05) is 0 Å². The molecule has 1 heterocycles. The molecule has 0 bridgehead atoms. The summed E-state index contributed by atoms with van der Waals surface area (Å²) < 4.78 is 95.2. The minimum absolute atomic E-state index is 0. The molecular formula is C22H27ClF3N3O5S2. The smallest absolute Gasteiger partial charge is 0.341 e. The molecule has 0 spiro atoms. The van der Waals surface area contributed by atoms with Crippen LogP contribution in [0.2, 0.25) is 0 Å². The fourth-order valence-corrected chi connectivity index (χ4v) is 6.70. The Kier molecular flexibility index (Phi) is 9.57. The highest BCUT2D eigenvalue weighted by atomic mass is 35.5. The van der Waals surface area contributed by atoms with Crippen LogP contribution in [0.3, 0.4) is 0 Å². The van der Waals surface area contributed by atoms with E-state index in [0.717, 1.165) is 6.07 Å². The minimum Gasteiger partial charge on any atom is -0.341 e. The summed E-state index contributed by atoms with van der Waals surface area (Å²) in [6.07, 6.45) is -4.61. The Morgan fingerprint density at radius 1 is 1.00 bits per heavy atom. The SMILES string of the molecule is CN(C)CC(=O)N1CCC(NS(=O)(=O)c2cc(S(=O)(=O)c3ccccc3)ccc2C(F)(F)F)CC1.Cl. The van der Waals surface area contributed by atoms with Gasteiger partial charge in [0, 0.05) is 19.1 Å². The number of halogens is 4. The fourth-order valence-electron chi connectivity index (χ4n) is 3.76. The molecule has 2 aromatic carbocycles. The van der Waals surface area contributed by atoms with Gasteiger partial charge in [-0.15, -0.1) is 12.4 Å². The van der Waals surface area contributed by atoms with Crippen molar-refractivity contribution in [2.75, 3.05) is 33.7 Å². The molecule has 0 atom stereocenters. The molecule has 3 rings (SSSR count). The quantitative estimate of drug-likeness (QED) is 0.550. The highest BCUT2D eigenvalue weighted by Gasteiger charge is 2.39. The first-order valence-electron chi connectivity index (χ1n) is 10.7. The lowest BCUT2D eigenvalue weighted by molar-refractivity contribution is -0.140. The van der Waals surface area contributed by atoms with Crippen molar-refractivity contribution in [3.05, 3.63) is 54.1 Å². The Balaban J connectivity index is 0.00000456.